The van der Waals surface area contributed by atoms with Crippen molar-refractivity contribution < 1.29 is 23.8 Å². The Labute approximate surface area is 206 Å². The minimum absolute atomic E-state index is 0.102. The SMILES string of the molecule is C[C@H](O)C(=O)N1CC(Oc2nc(C3CCOCC3)c(-c3cncc(F)c3)c3cc4c(cc23)[N]N=C4)C1. The van der Waals surface area contributed by atoms with Crippen LogP contribution >= 0.6 is 0 Å². The van der Waals surface area contributed by atoms with Crippen molar-refractivity contribution in [3.63, 3.8) is 0 Å². The van der Waals surface area contributed by atoms with E-state index in [9.17, 15) is 14.3 Å². The molecule has 185 valence electrons. The first-order chi connectivity index (χ1) is 17.5. The molecule has 1 radical (unpaired) electrons. The highest BCUT2D eigenvalue weighted by molar-refractivity contribution is 6.06. The summed E-state index contributed by atoms with van der Waals surface area (Å²) in [6, 6.07) is 5.36. The summed E-state index contributed by atoms with van der Waals surface area (Å²) in [6.07, 6.45) is 4.81. The molecule has 2 fully saturated rings. The molecule has 1 atom stereocenters. The van der Waals surface area contributed by atoms with Crippen molar-refractivity contribution in [1.82, 2.24) is 20.3 Å². The molecular formula is C26H25FN5O4. The normalized spacial score (nSPS) is 18.6. The van der Waals surface area contributed by atoms with Gasteiger partial charge in [0.1, 0.15) is 18.0 Å². The number of likely N-dealkylation sites (tertiary alicyclic amines) is 1. The lowest BCUT2D eigenvalue weighted by Gasteiger charge is -2.39. The summed E-state index contributed by atoms with van der Waals surface area (Å²) in [7, 11) is 0. The maximum absolute atomic E-state index is 14.3. The van der Waals surface area contributed by atoms with Gasteiger partial charge in [-0.05, 0) is 43.4 Å². The Hall–Kier alpha value is -3.63. The molecule has 1 N–H and O–H groups in total. The lowest BCUT2D eigenvalue weighted by molar-refractivity contribution is -0.148. The van der Waals surface area contributed by atoms with E-state index in [0.717, 1.165) is 40.4 Å². The van der Waals surface area contributed by atoms with Gasteiger partial charge in [0.25, 0.3) is 5.91 Å². The van der Waals surface area contributed by atoms with Crippen LogP contribution in [0.1, 0.15) is 36.9 Å². The van der Waals surface area contributed by atoms with E-state index in [1.807, 2.05) is 12.1 Å². The number of benzene rings is 1. The first kappa shape index (κ1) is 22.8. The highest BCUT2D eigenvalue weighted by Gasteiger charge is 2.35. The zero-order valence-corrected chi connectivity index (χ0v) is 19.7. The molecule has 36 heavy (non-hydrogen) atoms. The van der Waals surface area contributed by atoms with Crippen LogP contribution in [0, 0.1) is 5.82 Å². The molecule has 5 heterocycles. The number of aliphatic hydroxyl groups excluding tert-OH is 1. The Kier molecular flexibility index (Phi) is 5.77. The van der Waals surface area contributed by atoms with Gasteiger partial charge < -0.3 is 19.5 Å². The third-order valence-corrected chi connectivity index (χ3v) is 6.90. The monoisotopic (exact) mass is 490 g/mol. The molecule has 0 saturated carbocycles. The van der Waals surface area contributed by atoms with Gasteiger partial charge >= 0.3 is 0 Å². The number of aliphatic hydroxyl groups is 1. The van der Waals surface area contributed by atoms with E-state index in [4.69, 9.17) is 14.5 Å². The second kappa shape index (κ2) is 9.11. The largest absolute Gasteiger partial charge is 0.470 e. The summed E-state index contributed by atoms with van der Waals surface area (Å²) in [5.74, 6) is -0.198. The smallest absolute Gasteiger partial charge is 0.251 e. The van der Waals surface area contributed by atoms with Crippen molar-refractivity contribution in [2.45, 2.75) is 37.9 Å². The predicted octanol–water partition coefficient (Wildman–Crippen LogP) is 2.88. The molecule has 2 saturated heterocycles. The van der Waals surface area contributed by atoms with Gasteiger partial charge in [0.2, 0.25) is 5.88 Å². The number of pyridine rings is 2. The number of nitrogens with zero attached hydrogens (tertiary/aromatic N) is 5. The van der Waals surface area contributed by atoms with Gasteiger partial charge in [-0.15, -0.1) is 0 Å². The minimum atomic E-state index is -1.05. The molecule has 0 spiro atoms. The zero-order chi connectivity index (χ0) is 24.8. The van der Waals surface area contributed by atoms with Gasteiger partial charge in [0, 0.05) is 47.4 Å². The van der Waals surface area contributed by atoms with E-state index in [1.54, 1.807) is 17.3 Å². The quantitative estimate of drug-likeness (QED) is 0.589. The number of hydrogen-bond acceptors (Lipinski definition) is 7. The third kappa shape index (κ3) is 4.06. The van der Waals surface area contributed by atoms with Crippen molar-refractivity contribution in [2.24, 2.45) is 5.10 Å². The van der Waals surface area contributed by atoms with Crippen LogP contribution in [-0.2, 0) is 9.53 Å². The molecular weight excluding hydrogens is 465 g/mol. The Morgan fingerprint density at radius 2 is 2.00 bits per heavy atom. The lowest BCUT2D eigenvalue weighted by Crippen LogP contribution is -2.58. The Balaban J connectivity index is 1.49. The van der Waals surface area contributed by atoms with E-state index in [0.29, 0.717) is 43.4 Å². The average molecular weight is 491 g/mol. The first-order valence-corrected chi connectivity index (χ1v) is 12.1. The summed E-state index contributed by atoms with van der Waals surface area (Å²) < 4.78 is 26.2. The molecule has 0 aliphatic carbocycles. The van der Waals surface area contributed by atoms with Gasteiger partial charge in [-0.3, -0.25) is 9.78 Å². The van der Waals surface area contributed by atoms with Crippen molar-refractivity contribution in [3.8, 4) is 17.0 Å². The van der Waals surface area contributed by atoms with E-state index in [2.05, 4.69) is 15.5 Å². The van der Waals surface area contributed by atoms with Crippen LogP contribution in [0.2, 0.25) is 0 Å². The number of aromatic nitrogens is 2. The molecule has 10 heteroatoms. The summed E-state index contributed by atoms with van der Waals surface area (Å²) in [5, 5.41) is 15.2. The van der Waals surface area contributed by atoms with Crippen LogP contribution in [0.4, 0.5) is 10.1 Å². The summed E-state index contributed by atoms with van der Waals surface area (Å²) in [4.78, 5) is 22.8. The fraction of sp³-hybridized carbons (Fsp3) is 0.385. The maximum Gasteiger partial charge on any atom is 0.251 e. The third-order valence-electron chi connectivity index (χ3n) is 6.90. The Morgan fingerprint density at radius 3 is 2.75 bits per heavy atom. The Morgan fingerprint density at radius 1 is 1.19 bits per heavy atom. The maximum atomic E-state index is 14.3. The number of amides is 1. The number of rotatable bonds is 5. The molecule has 0 bridgehead atoms. The molecule has 2 aromatic heterocycles. The van der Waals surface area contributed by atoms with E-state index < -0.39 is 11.9 Å². The average Bonchev–Trinajstić information content (AvgIpc) is 3.32. The number of carbonyl (C=O) groups excluding carboxylic acids is 1. The fourth-order valence-corrected chi connectivity index (χ4v) is 5.02. The van der Waals surface area contributed by atoms with Crippen LogP contribution in [-0.4, -0.2) is 70.6 Å². The van der Waals surface area contributed by atoms with Gasteiger partial charge in [0.05, 0.1) is 36.9 Å². The van der Waals surface area contributed by atoms with Crippen LogP contribution in [0.5, 0.6) is 5.88 Å². The van der Waals surface area contributed by atoms with Crippen molar-refractivity contribution >= 4 is 28.6 Å². The number of fused-ring (bicyclic) bond motifs is 2. The molecule has 1 aromatic carbocycles. The number of halogens is 1. The van der Waals surface area contributed by atoms with Gasteiger partial charge in [-0.2, -0.15) is 10.5 Å². The first-order valence-electron chi connectivity index (χ1n) is 12.1. The van der Waals surface area contributed by atoms with Crippen molar-refractivity contribution in [3.05, 3.63) is 47.7 Å². The number of carbonyl (C=O) groups is 1. The van der Waals surface area contributed by atoms with Gasteiger partial charge in [-0.25, -0.2) is 9.37 Å². The highest BCUT2D eigenvalue weighted by Crippen LogP contribution is 2.43. The molecule has 3 aliphatic rings. The number of ether oxygens (including phenoxy) is 2. The molecule has 3 aromatic rings. The minimum Gasteiger partial charge on any atom is -0.470 e. The topological polar surface area (TPSA) is 111 Å². The predicted molar refractivity (Wildman–Crippen MR) is 130 cm³/mol. The molecule has 9 nitrogen and oxygen atoms in total. The summed E-state index contributed by atoms with van der Waals surface area (Å²) >= 11 is 0. The Bertz CT molecular complexity index is 1370. The molecule has 0 unspecified atom stereocenters. The van der Waals surface area contributed by atoms with Gasteiger partial charge in [0.15, 0.2) is 0 Å². The van der Waals surface area contributed by atoms with E-state index >= 15 is 0 Å². The second-order valence-electron chi connectivity index (χ2n) is 9.42. The molecule has 1 amide bonds. The van der Waals surface area contributed by atoms with Gasteiger partial charge in [-0.1, -0.05) is 0 Å². The number of hydrogen-bond donors (Lipinski definition) is 1. The second-order valence-corrected chi connectivity index (χ2v) is 9.42. The van der Waals surface area contributed by atoms with Crippen molar-refractivity contribution in [2.75, 3.05) is 26.3 Å². The summed E-state index contributed by atoms with van der Waals surface area (Å²) in [5.41, 5.74) is 8.05. The molecule has 3 aliphatic heterocycles. The van der Waals surface area contributed by atoms with E-state index in [1.165, 1.54) is 19.2 Å². The standard InChI is InChI=1S/C26H25FN5O4/c1-14(33)26(34)32-12-19(13-32)36-25-21-8-22-16(10-29-31-22)7-20(21)23(17-6-18(27)11-28-9-17)24(30-25)15-2-4-35-5-3-15/h6-11,14-15,19,33H,2-5,12-13H2,1H3/t14-/m0/s1. The van der Waals surface area contributed by atoms with Crippen molar-refractivity contribution in [1.29, 1.82) is 0 Å². The van der Waals surface area contributed by atoms with E-state index in [-0.39, 0.29) is 17.9 Å². The van der Waals surface area contributed by atoms with Crippen LogP contribution in [0.3, 0.4) is 0 Å². The highest BCUT2D eigenvalue weighted by atomic mass is 19.1. The fourth-order valence-electron chi connectivity index (χ4n) is 5.02. The van der Waals surface area contributed by atoms with Crippen LogP contribution in [0.15, 0.2) is 35.7 Å². The lowest BCUT2D eigenvalue weighted by atomic mass is 9.87. The van der Waals surface area contributed by atoms with Crippen LogP contribution in [0.25, 0.3) is 21.9 Å². The zero-order valence-electron chi connectivity index (χ0n) is 19.7. The van der Waals surface area contributed by atoms with Crippen LogP contribution < -0.4 is 10.2 Å². The summed E-state index contributed by atoms with van der Waals surface area (Å²) in [6.45, 7) is 3.44. The molecule has 6 rings (SSSR count).